The zero-order valence-electron chi connectivity index (χ0n) is 21.2. The second-order valence-corrected chi connectivity index (χ2v) is 9.24. The van der Waals surface area contributed by atoms with Crippen LogP contribution in [0.4, 0.5) is 0 Å². The smallest absolute Gasteiger partial charge is 0.260 e. The Balaban J connectivity index is 1.08. The fourth-order valence-electron chi connectivity index (χ4n) is 4.43. The van der Waals surface area contributed by atoms with E-state index < -0.39 is 0 Å². The zero-order valence-corrected chi connectivity index (χ0v) is 21.2. The van der Waals surface area contributed by atoms with Crippen molar-refractivity contribution < 1.29 is 14.1 Å². The van der Waals surface area contributed by atoms with Crippen molar-refractivity contribution in [1.82, 2.24) is 19.9 Å². The second kappa shape index (κ2) is 11.8. The first-order chi connectivity index (χ1) is 18.2. The minimum Gasteiger partial charge on any atom is -0.484 e. The molecule has 0 saturated carbocycles. The Bertz CT molecular complexity index is 1280. The fourth-order valence-corrected chi connectivity index (χ4v) is 4.43. The maximum Gasteiger partial charge on any atom is 0.260 e. The van der Waals surface area contributed by atoms with Crippen LogP contribution in [0.25, 0.3) is 22.8 Å². The third-order valence-corrected chi connectivity index (χ3v) is 6.79. The van der Waals surface area contributed by atoms with Gasteiger partial charge in [-0.25, -0.2) is 0 Å². The molecule has 1 saturated heterocycles. The molecule has 4 aromatic rings. The molecular weight excluding hydrogens is 464 g/mol. The van der Waals surface area contributed by atoms with E-state index in [0.29, 0.717) is 17.5 Å². The van der Waals surface area contributed by atoms with E-state index in [1.54, 1.807) is 0 Å². The highest BCUT2D eigenvalue weighted by molar-refractivity contribution is 5.78. The van der Waals surface area contributed by atoms with Crippen molar-refractivity contribution in [3.8, 4) is 28.6 Å². The Morgan fingerprint density at radius 1 is 0.865 bits per heavy atom. The molecule has 0 N–H and O–H groups in total. The predicted octanol–water partition coefficient (Wildman–Crippen LogP) is 4.73. The zero-order chi connectivity index (χ0) is 25.5. The molecule has 0 spiro atoms. The van der Waals surface area contributed by atoms with Gasteiger partial charge in [0.15, 0.2) is 6.61 Å². The molecule has 0 radical (unpaired) electrons. The normalized spacial score (nSPS) is 14.0. The molecule has 0 aliphatic carbocycles. The molecule has 5 rings (SSSR count). The average molecular weight is 497 g/mol. The molecule has 3 aromatic carbocycles. The van der Waals surface area contributed by atoms with Crippen molar-refractivity contribution in [2.75, 3.05) is 39.3 Å². The van der Waals surface area contributed by atoms with Gasteiger partial charge in [-0.3, -0.25) is 9.69 Å². The monoisotopic (exact) mass is 496 g/mol. The van der Waals surface area contributed by atoms with E-state index in [-0.39, 0.29) is 12.5 Å². The van der Waals surface area contributed by atoms with Gasteiger partial charge in [0.1, 0.15) is 5.75 Å². The van der Waals surface area contributed by atoms with Crippen LogP contribution in [-0.4, -0.2) is 65.2 Å². The first kappa shape index (κ1) is 24.7. The van der Waals surface area contributed by atoms with E-state index in [1.807, 2.05) is 47.4 Å². The quantitative estimate of drug-likeness (QED) is 0.334. The number of amides is 1. The number of hydrogen-bond acceptors (Lipinski definition) is 6. The SMILES string of the molecule is CCc1ccc(-c2noc(-c3ccc(OCC(=O)N4CCN(CCc5ccccc5)CC4)cc3)n2)cc1. The molecule has 2 heterocycles. The summed E-state index contributed by atoms with van der Waals surface area (Å²) in [5.74, 6) is 1.65. The first-order valence-corrected chi connectivity index (χ1v) is 12.9. The van der Waals surface area contributed by atoms with E-state index in [9.17, 15) is 4.79 Å². The number of aryl methyl sites for hydroxylation is 1. The molecule has 1 aliphatic rings. The fraction of sp³-hybridized carbons (Fsp3) is 0.300. The van der Waals surface area contributed by atoms with Crippen LogP contribution in [0.15, 0.2) is 83.4 Å². The molecule has 7 heteroatoms. The average Bonchev–Trinajstić information content (AvgIpc) is 3.46. The summed E-state index contributed by atoms with van der Waals surface area (Å²) >= 11 is 0. The van der Waals surface area contributed by atoms with E-state index in [4.69, 9.17) is 9.26 Å². The minimum atomic E-state index is 0.0161. The molecule has 1 amide bonds. The van der Waals surface area contributed by atoms with Gasteiger partial charge in [0.05, 0.1) is 0 Å². The molecule has 0 atom stereocenters. The lowest BCUT2D eigenvalue weighted by molar-refractivity contribution is -0.135. The molecule has 1 aromatic heterocycles. The van der Waals surface area contributed by atoms with Crippen molar-refractivity contribution >= 4 is 5.91 Å². The summed E-state index contributed by atoms with van der Waals surface area (Å²) in [6, 6.07) is 26.1. The van der Waals surface area contributed by atoms with E-state index in [0.717, 1.165) is 56.7 Å². The van der Waals surface area contributed by atoms with Crippen molar-refractivity contribution in [1.29, 1.82) is 0 Å². The van der Waals surface area contributed by atoms with Crippen molar-refractivity contribution in [3.05, 3.63) is 90.0 Å². The summed E-state index contributed by atoms with van der Waals surface area (Å²) in [6.07, 6.45) is 2.02. The lowest BCUT2D eigenvalue weighted by Gasteiger charge is -2.34. The van der Waals surface area contributed by atoms with Gasteiger partial charge in [0.25, 0.3) is 11.8 Å². The molecule has 37 heavy (non-hydrogen) atoms. The van der Waals surface area contributed by atoms with Crippen LogP contribution in [0.1, 0.15) is 18.1 Å². The van der Waals surface area contributed by atoms with Crippen LogP contribution in [0.2, 0.25) is 0 Å². The third-order valence-electron chi connectivity index (χ3n) is 6.79. The summed E-state index contributed by atoms with van der Waals surface area (Å²) in [5.41, 5.74) is 4.33. The molecular formula is C30H32N4O3. The number of rotatable bonds is 9. The highest BCUT2D eigenvalue weighted by Crippen LogP contribution is 2.24. The second-order valence-electron chi connectivity index (χ2n) is 9.24. The van der Waals surface area contributed by atoms with Gasteiger partial charge < -0.3 is 14.2 Å². The molecule has 0 bridgehead atoms. The Morgan fingerprint density at radius 2 is 1.57 bits per heavy atom. The molecule has 1 aliphatic heterocycles. The largest absolute Gasteiger partial charge is 0.484 e. The standard InChI is InChI=1S/C30H32N4O3/c1-2-23-8-10-25(11-9-23)29-31-30(37-32-29)26-12-14-27(15-13-26)36-22-28(35)34-20-18-33(19-21-34)17-16-24-6-4-3-5-7-24/h3-15H,2,16-22H2,1H3. The number of aromatic nitrogens is 2. The van der Waals surface area contributed by atoms with Crippen LogP contribution in [0.5, 0.6) is 5.75 Å². The Kier molecular flexibility index (Phi) is 7.91. The number of hydrogen-bond donors (Lipinski definition) is 0. The molecule has 1 fully saturated rings. The number of piperazine rings is 1. The number of nitrogens with zero attached hydrogens (tertiary/aromatic N) is 4. The van der Waals surface area contributed by atoms with Crippen LogP contribution < -0.4 is 4.74 Å². The van der Waals surface area contributed by atoms with Crippen LogP contribution in [0, 0.1) is 0 Å². The van der Waals surface area contributed by atoms with Gasteiger partial charge in [-0.05, 0) is 48.2 Å². The Morgan fingerprint density at radius 3 is 2.27 bits per heavy atom. The predicted molar refractivity (Wildman–Crippen MR) is 143 cm³/mol. The highest BCUT2D eigenvalue weighted by atomic mass is 16.5. The number of benzene rings is 3. The summed E-state index contributed by atoms with van der Waals surface area (Å²) < 4.78 is 11.2. The van der Waals surface area contributed by atoms with Crippen molar-refractivity contribution in [2.45, 2.75) is 19.8 Å². The Hall–Kier alpha value is -3.97. The molecule has 7 nitrogen and oxygen atoms in total. The topological polar surface area (TPSA) is 71.7 Å². The molecule has 0 unspecified atom stereocenters. The first-order valence-electron chi connectivity index (χ1n) is 12.9. The van der Waals surface area contributed by atoms with Crippen LogP contribution >= 0.6 is 0 Å². The maximum atomic E-state index is 12.7. The Labute approximate surface area is 217 Å². The number of ether oxygens (including phenoxy) is 1. The van der Waals surface area contributed by atoms with Crippen LogP contribution in [-0.2, 0) is 17.6 Å². The van der Waals surface area contributed by atoms with Gasteiger partial charge in [-0.1, -0.05) is 66.7 Å². The van der Waals surface area contributed by atoms with Gasteiger partial charge in [-0.15, -0.1) is 0 Å². The van der Waals surface area contributed by atoms with Crippen molar-refractivity contribution in [3.63, 3.8) is 0 Å². The van der Waals surface area contributed by atoms with Crippen molar-refractivity contribution in [2.24, 2.45) is 0 Å². The van der Waals surface area contributed by atoms with E-state index in [2.05, 4.69) is 58.4 Å². The number of carbonyl (C=O) groups excluding carboxylic acids is 1. The van der Waals surface area contributed by atoms with E-state index >= 15 is 0 Å². The summed E-state index contributed by atoms with van der Waals surface area (Å²) in [4.78, 5) is 21.5. The third kappa shape index (κ3) is 6.43. The lowest BCUT2D eigenvalue weighted by Crippen LogP contribution is -2.50. The van der Waals surface area contributed by atoms with Gasteiger partial charge in [0.2, 0.25) is 5.82 Å². The van der Waals surface area contributed by atoms with E-state index in [1.165, 1.54) is 11.1 Å². The van der Waals surface area contributed by atoms with Gasteiger partial charge in [0, 0.05) is 43.9 Å². The molecule has 190 valence electrons. The minimum absolute atomic E-state index is 0.0161. The lowest BCUT2D eigenvalue weighted by atomic mass is 10.1. The maximum absolute atomic E-state index is 12.7. The van der Waals surface area contributed by atoms with Gasteiger partial charge in [-0.2, -0.15) is 4.98 Å². The van der Waals surface area contributed by atoms with Crippen LogP contribution in [0.3, 0.4) is 0 Å². The summed E-state index contributed by atoms with van der Waals surface area (Å²) in [5, 5.41) is 4.11. The van der Waals surface area contributed by atoms with Gasteiger partial charge >= 0.3 is 0 Å². The summed E-state index contributed by atoms with van der Waals surface area (Å²) in [7, 11) is 0. The summed E-state index contributed by atoms with van der Waals surface area (Å²) in [6.45, 7) is 6.42. The highest BCUT2D eigenvalue weighted by Gasteiger charge is 2.21. The number of carbonyl (C=O) groups is 1.